The summed E-state index contributed by atoms with van der Waals surface area (Å²) in [6.45, 7) is 8.45. The molecule has 1 rings (SSSR count). The molecular weight excluding hydrogens is 182 g/mol. The molecule has 0 aromatic heterocycles. The fraction of sp³-hybridized carbons (Fsp3) is 0.857. The van der Waals surface area contributed by atoms with Crippen LogP contribution in [0.2, 0.25) is 0 Å². The zero-order chi connectivity index (χ0) is 11.1. The second kappa shape index (κ2) is 7.05. The van der Waals surface area contributed by atoms with Crippen molar-refractivity contribution in [1.29, 1.82) is 0 Å². The van der Waals surface area contributed by atoms with Crippen molar-refractivity contribution < 1.29 is 0 Å². The molecule has 1 heteroatoms. The van der Waals surface area contributed by atoms with Gasteiger partial charge in [-0.25, -0.2) is 0 Å². The third kappa shape index (κ3) is 4.83. The highest BCUT2D eigenvalue weighted by atomic mass is 14.9. The molecule has 15 heavy (non-hydrogen) atoms. The van der Waals surface area contributed by atoms with Gasteiger partial charge in [-0.3, -0.25) is 0 Å². The normalized spacial score (nSPS) is 23.1. The minimum absolute atomic E-state index is 0.631. The maximum atomic E-state index is 3.82. The van der Waals surface area contributed by atoms with Gasteiger partial charge in [0.05, 0.1) is 0 Å². The van der Waals surface area contributed by atoms with Crippen molar-refractivity contribution in [2.45, 2.75) is 70.9 Å². The summed E-state index contributed by atoms with van der Waals surface area (Å²) in [5.74, 6) is 0.714. The number of nitrogens with one attached hydrogen (secondary N) is 1. The quantitative estimate of drug-likeness (QED) is 0.535. The van der Waals surface area contributed by atoms with Gasteiger partial charge in [0.2, 0.25) is 0 Å². The van der Waals surface area contributed by atoms with Crippen LogP contribution >= 0.6 is 0 Å². The molecule has 0 radical (unpaired) electrons. The summed E-state index contributed by atoms with van der Waals surface area (Å²) < 4.78 is 0. The minimum atomic E-state index is 0.631. The Kier molecular flexibility index (Phi) is 6.00. The average molecular weight is 209 g/mol. The molecule has 2 atom stereocenters. The van der Waals surface area contributed by atoms with Crippen molar-refractivity contribution in [3.8, 4) is 0 Å². The van der Waals surface area contributed by atoms with E-state index in [-0.39, 0.29) is 0 Å². The van der Waals surface area contributed by atoms with Crippen LogP contribution in [0.5, 0.6) is 0 Å². The van der Waals surface area contributed by atoms with Crippen LogP contribution in [0.3, 0.4) is 0 Å². The maximum Gasteiger partial charge on any atom is 0.00699 e. The SMILES string of the molecule is C=CCC(C)C(C)NC1CCCCCC1. The van der Waals surface area contributed by atoms with Gasteiger partial charge in [-0.1, -0.05) is 38.7 Å². The lowest BCUT2D eigenvalue weighted by Crippen LogP contribution is -2.39. The van der Waals surface area contributed by atoms with Gasteiger partial charge in [0.25, 0.3) is 0 Å². The van der Waals surface area contributed by atoms with Gasteiger partial charge in [-0.15, -0.1) is 6.58 Å². The maximum absolute atomic E-state index is 3.82. The Balaban J connectivity index is 2.28. The fourth-order valence-electron chi connectivity index (χ4n) is 2.45. The summed E-state index contributed by atoms with van der Waals surface area (Å²) in [5, 5.41) is 3.80. The van der Waals surface area contributed by atoms with Crippen molar-refractivity contribution in [3.05, 3.63) is 12.7 Å². The summed E-state index contributed by atoms with van der Waals surface area (Å²) >= 11 is 0. The van der Waals surface area contributed by atoms with Gasteiger partial charge in [0.15, 0.2) is 0 Å². The fourth-order valence-corrected chi connectivity index (χ4v) is 2.45. The number of hydrogen-bond donors (Lipinski definition) is 1. The molecule has 0 bridgehead atoms. The van der Waals surface area contributed by atoms with E-state index >= 15 is 0 Å². The molecule has 0 amide bonds. The first kappa shape index (κ1) is 12.8. The molecule has 0 aliphatic heterocycles. The van der Waals surface area contributed by atoms with E-state index in [4.69, 9.17) is 0 Å². The van der Waals surface area contributed by atoms with Crippen molar-refractivity contribution >= 4 is 0 Å². The molecule has 0 aromatic carbocycles. The molecule has 1 fully saturated rings. The van der Waals surface area contributed by atoms with Gasteiger partial charge in [-0.2, -0.15) is 0 Å². The first-order chi connectivity index (χ1) is 7.24. The Bertz CT molecular complexity index is 168. The molecule has 1 saturated carbocycles. The smallest absolute Gasteiger partial charge is 0.00699 e. The summed E-state index contributed by atoms with van der Waals surface area (Å²) in [5.41, 5.74) is 0. The predicted octanol–water partition coefficient (Wildman–Crippen LogP) is 3.90. The summed E-state index contributed by atoms with van der Waals surface area (Å²) in [7, 11) is 0. The lowest BCUT2D eigenvalue weighted by Gasteiger charge is -2.26. The van der Waals surface area contributed by atoms with Gasteiger partial charge < -0.3 is 5.32 Å². The molecule has 1 aliphatic carbocycles. The zero-order valence-electron chi connectivity index (χ0n) is 10.5. The van der Waals surface area contributed by atoms with Crippen LogP contribution in [-0.2, 0) is 0 Å². The number of rotatable bonds is 5. The van der Waals surface area contributed by atoms with Crippen LogP contribution in [-0.4, -0.2) is 12.1 Å². The van der Waals surface area contributed by atoms with Gasteiger partial charge in [0, 0.05) is 12.1 Å². The summed E-state index contributed by atoms with van der Waals surface area (Å²) in [6, 6.07) is 1.40. The molecule has 0 saturated heterocycles. The van der Waals surface area contributed by atoms with Crippen LogP contribution in [0.1, 0.15) is 58.8 Å². The summed E-state index contributed by atoms with van der Waals surface area (Å²) in [6.07, 6.45) is 11.6. The first-order valence-corrected chi connectivity index (χ1v) is 6.61. The molecule has 1 N–H and O–H groups in total. The van der Waals surface area contributed by atoms with Crippen LogP contribution in [0.4, 0.5) is 0 Å². The standard InChI is InChI=1S/C14H27N/c1-4-9-12(2)13(3)15-14-10-7-5-6-8-11-14/h4,12-15H,1,5-11H2,2-3H3. The lowest BCUT2D eigenvalue weighted by molar-refractivity contribution is 0.336. The molecule has 0 heterocycles. The first-order valence-electron chi connectivity index (χ1n) is 6.61. The third-order valence-corrected chi connectivity index (χ3v) is 3.75. The van der Waals surface area contributed by atoms with Crippen LogP contribution in [0.25, 0.3) is 0 Å². The van der Waals surface area contributed by atoms with Crippen molar-refractivity contribution in [3.63, 3.8) is 0 Å². The highest BCUT2D eigenvalue weighted by molar-refractivity contribution is 4.81. The highest BCUT2D eigenvalue weighted by Gasteiger charge is 2.17. The van der Waals surface area contributed by atoms with E-state index in [9.17, 15) is 0 Å². The average Bonchev–Trinajstić information content (AvgIpc) is 2.46. The minimum Gasteiger partial charge on any atom is -0.311 e. The molecule has 1 aliphatic rings. The molecule has 2 unspecified atom stereocenters. The van der Waals surface area contributed by atoms with E-state index in [2.05, 4.69) is 25.7 Å². The molecule has 0 spiro atoms. The van der Waals surface area contributed by atoms with Gasteiger partial charge in [0.1, 0.15) is 0 Å². The van der Waals surface area contributed by atoms with E-state index < -0.39 is 0 Å². The number of hydrogen-bond acceptors (Lipinski definition) is 1. The Morgan fingerprint density at radius 3 is 2.33 bits per heavy atom. The Hall–Kier alpha value is -0.300. The van der Waals surface area contributed by atoms with Crippen molar-refractivity contribution in [2.75, 3.05) is 0 Å². The number of allylic oxidation sites excluding steroid dienone is 1. The molecule has 1 nitrogen and oxygen atoms in total. The second-order valence-corrected chi connectivity index (χ2v) is 5.15. The largest absolute Gasteiger partial charge is 0.311 e. The van der Waals surface area contributed by atoms with Crippen molar-refractivity contribution in [1.82, 2.24) is 5.32 Å². The third-order valence-electron chi connectivity index (χ3n) is 3.75. The van der Waals surface area contributed by atoms with Crippen LogP contribution in [0.15, 0.2) is 12.7 Å². The second-order valence-electron chi connectivity index (χ2n) is 5.15. The van der Waals surface area contributed by atoms with E-state index in [1.807, 2.05) is 6.08 Å². The summed E-state index contributed by atoms with van der Waals surface area (Å²) in [4.78, 5) is 0. The molecule has 0 aromatic rings. The Morgan fingerprint density at radius 2 is 1.80 bits per heavy atom. The Labute approximate surface area is 95.3 Å². The van der Waals surface area contributed by atoms with Gasteiger partial charge >= 0.3 is 0 Å². The highest BCUT2D eigenvalue weighted by Crippen LogP contribution is 2.19. The van der Waals surface area contributed by atoms with E-state index in [1.165, 1.54) is 38.5 Å². The van der Waals surface area contributed by atoms with Crippen LogP contribution < -0.4 is 5.32 Å². The molecular formula is C14H27N. The topological polar surface area (TPSA) is 12.0 Å². The lowest BCUT2D eigenvalue weighted by atomic mass is 9.97. The monoisotopic (exact) mass is 209 g/mol. The zero-order valence-corrected chi connectivity index (χ0v) is 10.5. The Morgan fingerprint density at radius 1 is 1.20 bits per heavy atom. The van der Waals surface area contributed by atoms with Crippen LogP contribution in [0, 0.1) is 5.92 Å². The molecule has 88 valence electrons. The van der Waals surface area contributed by atoms with Crippen molar-refractivity contribution in [2.24, 2.45) is 5.92 Å². The van der Waals surface area contributed by atoms with E-state index in [1.54, 1.807) is 0 Å². The van der Waals surface area contributed by atoms with E-state index in [0.717, 1.165) is 12.5 Å². The van der Waals surface area contributed by atoms with Gasteiger partial charge in [-0.05, 0) is 32.1 Å². The predicted molar refractivity (Wildman–Crippen MR) is 68.1 cm³/mol. The van der Waals surface area contributed by atoms with E-state index in [0.29, 0.717) is 12.0 Å².